The summed E-state index contributed by atoms with van der Waals surface area (Å²) in [6, 6.07) is 7.80. The van der Waals surface area contributed by atoms with E-state index in [1.54, 1.807) is 24.4 Å². The van der Waals surface area contributed by atoms with Gasteiger partial charge >= 0.3 is 0 Å². The van der Waals surface area contributed by atoms with E-state index in [9.17, 15) is 9.18 Å². The number of nitrogens with one attached hydrogen (secondary N) is 1. The van der Waals surface area contributed by atoms with Crippen LogP contribution in [0, 0.1) is 12.7 Å². The molecule has 1 amide bonds. The summed E-state index contributed by atoms with van der Waals surface area (Å²) >= 11 is 0. The van der Waals surface area contributed by atoms with E-state index in [-0.39, 0.29) is 23.8 Å². The average Bonchev–Trinajstić information content (AvgIpc) is 2.98. The topological polar surface area (TPSA) is 59.8 Å². The molecule has 0 aliphatic rings. The minimum Gasteiger partial charge on any atom is -0.345 e. The van der Waals surface area contributed by atoms with Crippen molar-refractivity contribution in [1.29, 1.82) is 0 Å². The normalized spacial score (nSPS) is 12.6. The maximum atomic E-state index is 13.1. The fourth-order valence-electron chi connectivity index (χ4n) is 2.82. The van der Waals surface area contributed by atoms with Gasteiger partial charge in [0.05, 0.1) is 23.2 Å². The molecule has 0 saturated heterocycles. The van der Waals surface area contributed by atoms with Crippen LogP contribution in [0.5, 0.6) is 0 Å². The van der Waals surface area contributed by atoms with Gasteiger partial charge in [0.25, 0.3) is 5.91 Å². The lowest BCUT2D eigenvalue weighted by atomic mass is 10.1. The van der Waals surface area contributed by atoms with E-state index < -0.39 is 0 Å². The van der Waals surface area contributed by atoms with Gasteiger partial charge in [-0.15, -0.1) is 0 Å². The van der Waals surface area contributed by atoms with Crippen molar-refractivity contribution in [2.45, 2.75) is 39.8 Å². The smallest absolute Gasteiger partial charge is 0.252 e. The van der Waals surface area contributed by atoms with Gasteiger partial charge in [0.1, 0.15) is 5.82 Å². The molecule has 6 heteroatoms. The van der Waals surface area contributed by atoms with Gasteiger partial charge in [0.15, 0.2) is 5.65 Å². The van der Waals surface area contributed by atoms with Gasteiger partial charge in [-0.1, -0.05) is 12.1 Å². The van der Waals surface area contributed by atoms with Crippen LogP contribution in [0.3, 0.4) is 0 Å². The lowest BCUT2D eigenvalue weighted by Crippen LogP contribution is -2.27. The first-order chi connectivity index (χ1) is 11.9. The lowest BCUT2D eigenvalue weighted by molar-refractivity contribution is 0.0941. The molecule has 2 aromatic heterocycles. The Kier molecular flexibility index (Phi) is 4.53. The highest BCUT2D eigenvalue weighted by Crippen LogP contribution is 2.22. The number of aromatic nitrogens is 3. The zero-order valence-corrected chi connectivity index (χ0v) is 14.7. The maximum absolute atomic E-state index is 13.1. The molecule has 3 aromatic rings. The molecule has 3 rings (SSSR count). The summed E-state index contributed by atoms with van der Waals surface area (Å²) in [6.07, 6.45) is 1.68. The molecule has 1 atom stereocenters. The van der Waals surface area contributed by atoms with E-state index >= 15 is 0 Å². The van der Waals surface area contributed by atoms with Gasteiger partial charge in [-0.05, 0) is 51.5 Å². The van der Waals surface area contributed by atoms with Gasteiger partial charge in [-0.2, -0.15) is 5.10 Å². The van der Waals surface area contributed by atoms with Crippen molar-refractivity contribution in [1.82, 2.24) is 20.1 Å². The zero-order valence-electron chi connectivity index (χ0n) is 14.7. The third kappa shape index (κ3) is 3.38. The molecular weight excluding hydrogens is 319 g/mol. The molecule has 1 unspecified atom stereocenters. The Morgan fingerprint density at radius 1 is 1.20 bits per heavy atom. The Bertz CT molecular complexity index is 915. The SMILES string of the molecule is Cc1cc(C(=O)NC(C)c2ccc(F)cc2)c2cnn(C(C)C)c2n1. The van der Waals surface area contributed by atoms with Crippen molar-refractivity contribution in [2.75, 3.05) is 0 Å². The first kappa shape index (κ1) is 17.1. The van der Waals surface area contributed by atoms with Gasteiger partial charge < -0.3 is 5.32 Å². The Morgan fingerprint density at radius 3 is 2.52 bits per heavy atom. The molecule has 5 nitrogen and oxygen atoms in total. The van der Waals surface area contributed by atoms with Crippen LogP contribution in [0.4, 0.5) is 4.39 Å². The number of amides is 1. The number of carbonyl (C=O) groups is 1. The minimum absolute atomic E-state index is 0.154. The molecule has 0 spiro atoms. The number of rotatable bonds is 4. The summed E-state index contributed by atoms with van der Waals surface area (Å²) in [5, 5.41) is 8.05. The molecule has 0 bridgehead atoms. The number of pyridine rings is 1. The van der Waals surface area contributed by atoms with E-state index in [1.807, 2.05) is 32.4 Å². The number of hydrogen-bond donors (Lipinski definition) is 1. The van der Waals surface area contributed by atoms with Gasteiger partial charge in [-0.25, -0.2) is 14.1 Å². The summed E-state index contributed by atoms with van der Waals surface area (Å²) < 4.78 is 14.9. The lowest BCUT2D eigenvalue weighted by Gasteiger charge is -2.15. The number of fused-ring (bicyclic) bond motifs is 1. The van der Waals surface area contributed by atoms with Crippen LogP contribution in [0.15, 0.2) is 36.5 Å². The highest BCUT2D eigenvalue weighted by atomic mass is 19.1. The van der Waals surface area contributed by atoms with Crippen LogP contribution < -0.4 is 5.32 Å². The second-order valence-electron chi connectivity index (χ2n) is 6.48. The van der Waals surface area contributed by atoms with E-state index in [1.165, 1.54) is 12.1 Å². The molecule has 1 N–H and O–H groups in total. The quantitative estimate of drug-likeness (QED) is 0.782. The van der Waals surface area contributed by atoms with E-state index in [0.717, 1.165) is 16.6 Å². The minimum atomic E-state index is -0.296. The predicted molar refractivity (Wildman–Crippen MR) is 94.9 cm³/mol. The van der Waals surface area contributed by atoms with Crippen molar-refractivity contribution in [3.05, 3.63) is 59.2 Å². The van der Waals surface area contributed by atoms with Crippen LogP contribution in [0.25, 0.3) is 11.0 Å². The Hall–Kier alpha value is -2.76. The Labute approximate surface area is 145 Å². The standard InChI is InChI=1S/C19H21FN4O/c1-11(2)24-18-17(10-21-24)16(9-12(3)22-18)19(25)23-13(4)14-5-7-15(20)8-6-14/h5-11,13H,1-4H3,(H,23,25). The zero-order chi connectivity index (χ0) is 18.1. The molecule has 0 radical (unpaired) electrons. The fraction of sp³-hybridized carbons (Fsp3) is 0.316. The monoisotopic (exact) mass is 340 g/mol. The van der Waals surface area contributed by atoms with Crippen LogP contribution in [0.2, 0.25) is 0 Å². The van der Waals surface area contributed by atoms with E-state index in [2.05, 4.69) is 15.4 Å². The fourth-order valence-corrected chi connectivity index (χ4v) is 2.82. The van der Waals surface area contributed by atoms with Gasteiger partial charge in [-0.3, -0.25) is 4.79 Å². The first-order valence-electron chi connectivity index (χ1n) is 8.28. The summed E-state index contributed by atoms with van der Waals surface area (Å²) in [4.78, 5) is 17.3. The third-order valence-electron chi connectivity index (χ3n) is 4.15. The van der Waals surface area contributed by atoms with Gasteiger partial charge in [0, 0.05) is 11.7 Å². The Balaban J connectivity index is 1.93. The number of aryl methyl sites for hydroxylation is 1. The van der Waals surface area contributed by atoms with E-state index in [4.69, 9.17) is 0 Å². The molecule has 130 valence electrons. The second kappa shape index (κ2) is 6.63. The van der Waals surface area contributed by atoms with Crippen molar-refractivity contribution in [3.63, 3.8) is 0 Å². The number of hydrogen-bond acceptors (Lipinski definition) is 3. The van der Waals surface area contributed by atoms with Crippen molar-refractivity contribution in [2.24, 2.45) is 0 Å². The summed E-state index contributed by atoms with van der Waals surface area (Å²) in [7, 11) is 0. The summed E-state index contributed by atoms with van der Waals surface area (Å²) in [5.74, 6) is -0.495. The number of halogens is 1. The van der Waals surface area contributed by atoms with Gasteiger partial charge in [0.2, 0.25) is 0 Å². The predicted octanol–water partition coefficient (Wildman–Crippen LogP) is 3.95. The van der Waals surface area contributed by atoms with Crippen LogP contribution >= 0.6 is 0 Å². The highest BCUT2D eigenvalue weighted by Gasteiger charge is 2.18. The second-order valence-corrected chi connectivity index (χ2v) is 6.48. The summed E-state index contributed by atoms with van der Waals surface area (Å²) in [6.45, 7) is 7.77. The molecule has 1 aromatic carbocycles. The van der Waals surface area contributed by atoms with Crippen LogP contribution in [0.1, 0.15) is 54.5 Å². The number of carbonyl (C=O) groups excluding carboxylic acids is 1. The number of nitrogens with zero attached hydrogens (tertiary/aromatic N) is 3. The molecule has 0 fully saturated rings. The largest absolute Gasteiger partial charge is 0.345 e. The Morgan fingerprint density at radius 2 is 1.88 bits per heavy atom. The molecular formula is C19H21FN4O. The average molecular weight is 340 g/mol. The summed E-state index contributed by atoms with van der Waals surface area (Å²) in [5.41, 5.74) is 2.85. The van der Waals surface area contributed by atoms with E-state index in [0.29, 0.717) is 11.2 Å². The third-order valence-corrected chi connectivity index (χ3v) is 4.15. The molecule has 0 saturated carbocycles. The molecule has 2 heterocycles. The number of benzene rings is 1. The molecule has 25 heavy (non-hydrogen) atoms. The molecule has 0 aliphatic carbocycles. The maximum Gasteiger partial charge on any atom is 0.252 e. The van der Waals surface area contributed by atoms with Crippen LogP contribution in [-0.2, 0) is 0 Å². The molecule has 0 aliphatic heterocycles. The van der Waals surface area contributed by atoms with Crippen molar-refractivity contribution in [3.8, 4) is 0 Å². The van der Waals surface area contributed by atoms with Crippen LogP contribution in [-0.4, -0.2) is 20.7 Å². The van der Waals surface area contributed by atoms with Crippen molar-refractivity contribution >= 4 is 16.9 Å². The first-order valence-corrected chi connectivity index (χ1v) is 8.28. The van der Waals surface area contributed by atoms with Crippen molar-refractivity contribution < 1.29 is 9.18 Å². The highest BCUT2D eigenvalue weighted by molar-refractivity contribution is 6.05.